The van der Waals surface area contributed by atoms with E-state index in [0.29, 0.717) is 13.2 Å². The molecule has 1 aliphatic heterocycles. The van der Waals surface area contributed by atoms with Gasteiger partial charge in [-0.2, -0.15) is 0 Å². The average Bonchev–Trinajstić information content (AvgIpc) is 2.39. The molecule has 1 aliphatic rings. The highest BCUT2D eigenvalue weighted by Gasteiger charge is 2.23. The van der Waals surface area contributed by atoms with E-state index in [9.17, 15) is 9.50 Å². The monoisotopic (exact) mass is 296 g/mol. The molecule has 5 heteroatoms. The zero-order chi connectivity index (χ0) is 15.6. The second-order valence-corrected chi connectivity index (χ2v) is 6.58. The molecule has 0 radical (unpaired) electrons. The molecular formula is C16H25FN2O2. The second kappa shape index (κ2) is 6.20. The molecule has 0 spiro atoms. The Morgan fingerprint density at radius 2 is 2.00 bits per heavy atom. The summed E-state index contributed by atoms with van der Waals surface area (Å²) in [6, 6.07) is 4.78. The zero-order valence-corrected chi connectivity index (χ0v) is 13.3. The summed E-state index contributed by atoms with van der Waals surface area (Å²) in [6.45, 7) is 8.30. The van der Waals surface area contributed by atoms with Crippen LogP contribution in [0.4, 0.5) is 15.8 Å². The number of hydrogen-bond donors (Lipinski definition) is 1. The van der Waals surface area contributed by atoms with Crippen LogP contribution < -0.4 is 9.80 Å². The molecule has 2 rings (SSSR count). The van der Waals surface area contributed by atoms with Crippen LogP contribution in [0.2, 0.25) is 0 Å². The van der Waals surface area contributed by atoms with E-state index >= 15 is 0 Å². The molecule has 21 heavy (non-hydrogen) atoms. The Kier molecular flexibility index (Phi) is 4.74. The van der Waals surface area contributed by atoms with Gasteiger partial charge < -0.3 is 19.6 Å². The summed E-state index contributed by atoms with van der Waals surface area (Å²) in [5, 5.41) is 10.2. The van der Waals surface area contributed by atoms with Crippen LogP contribution in [0.15, 0.2) is 18.2 Å². The van der Waals surface area contributed by atoms with Crippen molar-refractivity contribution >= 4 is 11.4 Å². The van der Waals surface area contributed by atoms with E-state index in [1.54, 1.807) is 12.1 Å². The van der Waals surface area contributed by atoms with Gasteiger partial charge in [-0.05, 0) is 39.0 Å². The molecule has 1 aromatic rings. The molecule has 0 amide bonds. The molecule has 1 aromatic carbocycles. The number of aliphatic hydroxyl groups excluding tert-OH is 1. The molecule has 1 unspecified atom stereocenters. The van der Waals surface area contributed by atoms with Crippen LogP contribution in [0.5, 0.6) is 0 Å². The van der Waals surface area contributed by atoms with Gasteiger partial charge in [-0.1, -0.05) is 0 Å². The summed E-state index contributed by atoms with van der Waals surface area (Å²) in [5.41, 5.74) is 1.56. The topological polar surface area (TPSA) is 35.9 Å². The van der Waals surface area contributed by atoms with Crippen LogP contribution in [0.25, 0.3) is 0 Å². The van der Waals surface area contributed by atoms with Crippen molar-refractivity contribution in [3.8, 4) is 0 Å². The van der Waals surface area contributed by atoms with Crippen molar-refractivity contribution < 1.29 is 14.2 Å². The van der Waals surface area contributed by atoms with E-state index in [1.165, 1.54) is 6.07 Å². The van der Waals surface area contributed by atoms with Crippen molar-refractivity contribution in [2.24, 2.45) is 0 Å². The number of benzene rings is 1. The third-order valence-electron chi connectivity index (χ3n) is 3.53. The van der Waals surface area contributed by atoms with Gasteiger partial charge in [-0.15, -0.1) is 0 Å². The first-order valence-corrected chi connectivity index (χ1v) is 7.34. The fourth-order valence-corrected chi connectivity index (χ4v) is 2.42. The molecule has 0 aliphatic carbocycles. The highest BCUT2D eigenvalue weighted by atomic mass is 19.1. The minimum absolute atomic E-state index is 0.237. The van der Waals surface area contributed by atoms with Gasteiger partial charge in [0.1, 0.15) is 5.82 Å². The summed E-state index contributed by atoms with van der Waals surface area (Å²) in [4.78, 5) is 4.12. The largest absolute Gasteiger partial charge is 0.389 e. The second-order valence-electron chi connectivity index (χ2n) is 6.58. The molecule has 1 atom stereocenters. The number of β-amino-alcohol motifs (C(OH)–C–C–N with tert-alkyl or cyclic N) is 1. The number of halogens is 1. The first-order chi connectivity index (χ1) is 9.76. The van der Waals surface area contributed by atoms with Crippen molar-refractivity contribution in [1.29, 1.82) is 0 Å². The molecule has 0 saturated heterocycles. The number of anilines is 2. The molecule has 0 fully saturated rings. The minimum Gasteiger partial charge on any atom is -0.389 e. The Morgan fingerprint density at radius 1 is 1.29 bits per heavy atom. The van der Waals surface area contributed by atoms with Gasteiger partial charge in [0.15, 0.2) is 0 Å². The summed E-state index contributed by atoms with van der Waals surface area (Å²) in [6.07, 6.45) is -0.564. The molecule has 1 heterocycles. The fourth-order valence-electron chi connectivity index (χ4n) is 2.42. The normalized spacial score (nSPS) is 16.9. The number of nitrogens with zero attached hydrogens (tertiary/aromatic N) is 2. The zero-order valence-electron chi connectivity index (χ0n) is 13.3. The first kappa shape index (κ1) is 16.0. The molecule has 0 saturated carbocycles. The standard InChI is InChI=1S/C16H25FN2O2/c1-16(2,3)21-11-13(20)10-19-8-7-18(4)15-9-12(17)5-6-14(15)19/h5-6,9,13,20H,7-8,10-11H2,1-4H3. The van der Waals surface area contributed by atoms with Crippen molar-refractivity contribution in [1.82, 2.24) is 0 Å². The Morgan fingerprint density at radius 3 is 2.67 bits per heavy atom. The predicted octanol–water partition coefficient (Wildman–Crippen LogP) is 2.26. The van der Waals surface area contributed by atoms with Crippen molar-refractivity contribution in [3.63, 3.8) is 0 Å². The number of hydrogen-bond acceptors (Lipinski definition) is 4. The number of aliphatic hydroxyl groups is 1. The Labute approximate surface area is 126 Å². The maximum absolute atomic E-state index is 13.4. The van der Waals surface area contributed by atoms with Gasteiger partial charge in [0.05, 0.1) is 29.7 Å². The fraction of sp³-hybridized carbons (Fsp3) is 0.625. The quantitative estimate of drug-likeness (QED) is 0.924. The van der Waals surface area contributed by atoms with Crippen LogP contribution in [0.3, 0.4) is 0 Å². The van der Waals surface area contributed by atoms with Gasteiger partial charge in [0, 0.05) is 26.7 Å². The maximum Gasteiger partial charge on any atom is 0.125 e. The van der Waals surface area contributed by atoms with Crippen LogP contribution in [-0.2, 0) is 4.74 Å². The highest BCUT2D eigenvalue weighted by molar-refractivity contribution is 5.73. The van der Waals surface area contributed by atoms with Gasteiger partial charge in [0.25, 0.3) is 0 Å². The van der Waals surface area contributed by atoms with Crippen LogP contribution in [0, 0.1) is 5.82 Å². The number of rotatable bonds is 4. The summed E-state index contributed by atoms with van der Waals surface area (Å²) >= 11 is 0. The third-order valence-corrected chi connectivity index (χ3v) is 3.53. The van der Waals surface area contributed by atoms with Crippen LogP contribution in [-0.4, -0.2) is 50.1 Å². The van der Waals surface area contributed by atoms with Crippen molar-refractivity contribution in [2.75, 3.05) is 43.1 Å². The summed E-state index contributed by atoms with van der Waals surface area (Å²) < 4.78 is 19.0. The van der Waals surface area contributed by atoms with Crippen molar-refractivity contribution in [2.45, 2.75) is 32.5 Å². The van der Waals surface area contributed by atoms with Crippen LogP contribution >= 0.6 is 0 Å². The van der Waals surface area contributed by atoms with E-state index in [-0.39, 0.29) is 11.4 Å². The van der Waals surface area contributed by atoms with E-state index in [2.05, 4.69) is 4.90 Å². The lowest BCUT2D eigenvalue weighted by Gasteiger charge is -2.38. The molecule has 0 bridgehead atoms. The smallest absolute Gasteiger partial charge is 0.125 e. The SMILES string of the molecule is CN1CCN(CC(O)COC(C)(C)C)c2ccc(F)cc21. The number of ether oxygens (including phenoxy) is 1. The van der Waals surface area contributed by atoms with Gasteiger partial charge >= 0.3 is 0 Å². The number of likely N-dealkylation sites (N-methyl/N-ethyl adjacent to an activating group) is 1. The molecule has 1 N–H and O–H groups in total. The number of fused-ring (bicyclic) bond motifs is 1. The van der Waals surface area contributed by atoms with Gasteiger partial charge in [-0.25, -0.2) is 4.39 Å². The highest BCUT2D eigenvalue weighted by Crippen LogP contribution is 2.32. The summed E-state index contributed by atoms with van der Waals surface area (Å²) in [7, 11) is 1.95. The van der Waals surface area contributed by atoms with Gasteiger partial charge in [-0.3, -0.25) is 0 Å². The maximum atomic E-state index is 13.4. The lowest BCUT2D eigenvalue weighted by atomic mass is 10.1. The van der Waals surface area contributed by atoms with E-state index in [4.69, 9.17) is 4.74 Å². The lowest BCUT2D eigenvalue weighted by Crippen LogP contribution is -2.44. The Balaban J connectivity index is 2.04. The van der Waals surface area contributed by atoms with E-state index in [1.807, 2.05) is 32.7 Å². The third kappa shape index (κ3) is 4.32. The Bertz CT molecular complexity index is 488. The van der Waals surface area contributed by atoms with Crippen molar-refractivity contribution in [3.05, 3.63) is 24.0 Å². The van der Waals surface area contributed by atoms with E-state index < -0.39 is 6.10 Å². The van der Waals surface area contributed by atoms with Gasteiger partial charge in [0.2, 0.25) is 0 Å². The summed E-state index contributed by atoms with van der Waals surface area (Å²) in [5.74, 6) is -0.237. The van der Waals surface area contributed by atoms with Crippen LogP contribution in [0.1, 0.15) is 20.8 Å². The molecule has 0 aromatic heterocycles. The molecular weight excluding hydrogens is 271 g/mol. The Hall–Kier alpha value is -1.33. The minimum atomic E-state index is -0.564. The lowest BCUT2D eigenvalue weighted by molar-refractivity contribution is -0.0463. The average molecular weight is 296 g/mol. The molecule has 118 valence electrons. The predicted molar refractivity (Wildman–Crippen MR) is 83.6 cm³/mol. The first-order valence-electron chi connectivity index (χ1n) is 7.34. The van der Waals surface area contributed by atoms with E-state index in [0.717, 1.165) is 24.5 Å². The molecule has 4 nitrogen and oxygen atoms in total.